The van der Waals surface area contributed by atoms with Crippen molar-refractivity contribution in [2.75, 3.05) is 13.2 Å². The van der Waals surface area contributed by atoms with E-state index in [0.717, 1.165) is 103 Å². The number of carbonyl (C=O) groups excluding carboxylic acids is 3. The van der Waals surface area contributed by atoms with Crippen LogP contribution in [0, 0.1) is 0 Å². The first-order valence-electron chi connectivity index (χ1n) is 24.2. The van der Waals surface area contributed by atoms with Crippen molar-refractivity contribution in [1.29, 1.82) is 0 Å². The molecular formula is C54H88O6. The number of hydrogen-bond donors (Lipinski definition) is 0. The summed E-state index contributed by atoms with van der Waals surface area (Å²) in [6.45, 7) is 6.34. The van der Waals surface area contributed by atoms with Crippen LogP contribution in [-0.2, 0) is 28.6 Å². The molecule has 0 N–H and O–H groups in total. The fourth-order valence-electron chi connectivity index (χ4n) is 6.17. The van der Waals surface area contributed by atoms with Crippen molar-refractivity contribution in [3.63, 3.8) is 0 Å². The maximum Gasteiger partial charge on any atom is 0.310 e. The lowest BCUT2D eigenvalue weighted by molar-refractivity contribution is -0.166. The number of unbranched alkanes of at least 4 members (excludes halogenated alkanes) is 16. The van der Waals surface area contributed by atoms with Gasteiger partial charge in [-0.25, -0.2) is 0 Å². The Kier molecular flexibility index (Phi) is 45.1. The molecule has 0 rings (SSSR count). The molecule has 0 aromatic heterocycles. The Labute approximate surface area is 368 Å². The van der Waals surface area contributed by atoms with Gasteiger partial charge in [0.15, 0.2) is 6.10 Å². The predicted octanol–water partition coefficient (Wildman–Crippen LogP) is 15.8. The van der Waals surface area contributed by atoms with E-state index in [1.54, 1.807) is 6.08 Å². The van der Waals surface area contributed by atoms with Gasteiger partial charge in [0.05, 0.1) is 6.42 Å². The van der Waals surface area contributed by atoms with Crippen molar-refractivity contribution in [2.45, 2.75) is 213 Å². The Hall–Kier alpha value is -3.67. The number of hydrogen-bond acceptors (Lipinski definition) is 6. The number of ether oxygens (including phenoxy) is 3. The quantitative estimate of drug-likeness (QED) is 0.0264. The highest BCUT2D eigenvalue weighted by Crippen LogP contribution is 2.12. The van der Waals surface area contributed by atoms with Crippen LogP contribution in [0.5, 0.6) is 0 Å². The molecule has 0 amide bonds. The molecule has 0 radical (unpaired) electrons. The molecule has 1 atom stereocenters. The van der Waals surface area contributed by atoms with Gasteiger partial charge in [0.1, 0.15) is 13.2 Å². The molecule has 1 unspecified atom stereocenters. The lowest BCUT2D eigenvalue weighted by Gasteiger charge is -2.18. The molecule has 0 aliphatic heterocycles. The summed E-state index contributed by atoms with van der Waals surface area (Å²) in [4.78, 5) is 37.8. The van der Waals surface area contributed by atoms with Gasteiger partial charge in [-0.15, -0.1) is 0 Å². The van der Waals surface area contributed by atoms with Gasteiger partial charge in [-0.3, -0.25) is 14.4 Å². The zero-order valence-electron chi connectivity index (χ0n) is 38.7. The molecule has 0 fully saturated rings. The van der Waals surface area contributed by atoms with Crippen molar-refractivity contribution < 1.29 is 28.6 Å². The normalized spacial score (nSPS) is 12.9. The number of esters is 3. The van der Waals surface area contributed by atoms with Crippen LogP contribution < -0.4 is 0 Å². The summed E-state index contributed by atoms with van der Waals surface area (Å²) in [6.07, 6.45) is 62.7. The highest BCUT2D eigenvalue weighted by Gasteiger charge is 2.19. The van der Waals surface area contributed by atoms with Crippen molar-refractivity contribution in [3.05, 3.63) is 97.2 Å². The molecule has 6 nitrogen and oxygen atoms in total. The van der Waals surface area contributed by atoms with Gasteiger partial charge in [0.2, 0.25) is 0 Å². The average Bonchev–Trinajstić information content (AvgIpc) is 3.24. The van der Waals surface area contributed by atoms with E-state index in [-0.39, 0.29) is 31.6 Å². The van der Waals surface area contributed by atoms with Crippen LogP contribution in [0.15, 0.2) is 97.2 Å². The molecule has 0 spiro atoms. The molecule has 340 valence electrons. The van der Waals surface area contributed by atoms with Crippen molar-refractivity contribution >= 4 is 17.9 Å². The fourth-order valence-corrected chi connectivity index (χ4v) is 6.17. The van der Waals surface area contributed by atoms with Crippen LogP contribution in [0.25, 0.3) is 0 Å². The molecule has 0 aliphatic carbocycles. The van der Waals surface area contributed by atoms with Crippen LogP contribution in [0.1, 0.15) is 207 Å². The maximum absolute atomic E-state index is 12.7. The van der Waals surface area contributed by atoms with E-state index in [4.69, 9.17) is 14.2 Å². The SMILES string of the molecule is CC/C=C\C/C=C\C/C=C\C/C=C\C/C=C\CC(=O)OC(COC(=O)CCCCCCC/C=C\C/C=C\CCCCCC)COC(=O)CCCCCCC/C=C\CCCC. The molecule has 0 bridgehead atoms. The number of rotatable bonds is 42. The van der Waals surface area contributed by atoms with Crippen molar-refractivity contribution in [2.24, 2.45) is 0 Å². The molecule has 0 heterocycles. The standard InChI is InChI=1S/C54H88O6/c1-4-7-10-13-16-19-22-24-26-28-29-32-35-38-41-44-47-53(56)59-50-51(49-58-52(55)46-43-40-37-34-31-21-18-15-12-9-6-3)60-54(57)48-45-42-39-36-33-30-27-25-23-20-17-14-11-8-5-2/h8,11,15,17-20,22,25-28,33,36,42,45,51H,4-7,9-10,12-14,16,21,23-24,29-32,34-35,37-41,43-44,46-50H2,1-3H3/b11-8-,18-15-,20-17-,22-19-,27-25-,28-26-,36-33-,45-42-. The van der Waals surface area contributed by atoms with Gasteiger partial charge < -0.3 is 14.2 Å². The third kappa shape index (κ3) is 45.4. The largest absolute Gasteiger partial charge is 0.462 e. The molecule has 60 heavy (non-hydrogen) atoms. The second-order valence-electron chi connectivity index (χ2n) is 15.6. The predicted molar refractivity (Wildman–Crippen MR) is 256 cm³/mol. The van der Waals surface area contributed by atoms with Gasteiger partial charge in [-0.05, 0) is 96.3 Å². The highest BCUT2D eigenvalue weighted by molar-refractivity contribution is 5.72. The lowest BCUT2D eigenvalue weighted by atomic mass is 10.1. The number of allylic oxidation sites excluding steroid dienone is 15. The average molecular weight is 833 g/mol. The van der Waals surface area contributed by atoms with E-state index < -0.39 is 12.1 Å². The highest BCUT2D eigenvalue weighted by atomic mass is 16.6. The first kappa shape index (κ1) is 56.3. The van der Waals surface area contributed by atoms with E-state index in [2.05, 4.69) is 106 Å². The smallest absolute Gasteiger partial charge is 0.310 e. The zero-order valence-corrected chi connectivity index (χ0v) is 38.7. The second-order valence-corrected chi connectivity index (χ2v) is 15.6. The maximum atomic E-state index is 12.7. The van der Waals surface area contributed by atoms with Crippen LogP contribution in [0.3, 0.4) is 0 Å². The van der Waals surface area contributed by atoms with E-state index >= 15 is 0 Å². The van der Waals surface area contributed by atoms with Crippen LogP contribution in [0.4, 0.5) is 0 Å². The molecule has 0 saturated carbocycles. The van der Waals surface area contributed by atoms with Gasteiger partial charge in [-0.2, -0.15) is 0 Å². The van der Waals surface area contributed by atoms with Crippen LogP contribution in [-0.4, -0.2) is 37.2 Å². The van der Waals surface area contributed by atoms with Gasteiger partial charge in [0.25, 0.3) is 0 Å². The monoisotopic (exact) mass is 833 g/mol. The fraction of sp³-hybridized carbons (Fsp3) is 0.648. The Bertz CT molecular complexity index is 1230. The van der Waals surface area contributed by atoms with Crippen LogP contribution >= 0.6 is 0 Å². The second kappa shape index (κ2) is 48.0. The summed E-state index contributed by atoms with van der Waals surface area (Å²) in [5, 5.41) is 0. The van der Waals surface area contributed by atoms with Crippen LogP contribution in [0.2, 0.25) is 0 Å². The minimum absolute atomic E-state index is 0.0898. The Morgan fingerprint density at radius 3 is 1.17 bits per heavy atom. The third-order valence-corrected chi connectivity index (χ3v) is 9.82. The molecular weight excluding hydrogens is 745 g/mol. The van der Waals surface area contributed by atoms with E-state index in [1.807, 2.05) is 6.08 Å². The third-order valence-electron chi connectivity index (χ3n) is 9.82. The Morgan fingerprint density at radius 1 is 0.367 bits per heavy atom. The topological polar surface area (TPSA) is 78.9 Å². The van der Waals surface area contributed by atoms with Crippen molar-refractivity contribution in [1.82, 2.24) is 0 Å². The minimum Gasteiger partial charge on any atom is -0.462 e. The summed E-state index contributed by atoms with van der Waals surface area (Å²) < 4.78 is 16.6. The summed E-state index contributed by atoms with van der Waals surface area (Å²) >= 11 is 0. The molecule has 0 aromatic rings. The lowest BCUT2D eigenvalue weighted by Crippen LogP contribution is -2.30. The summed E-state index contributed by atoms with van der Waals surface area (Å²) in [5.41, 5.74) is 0. The Morgan fingerprint density at radius 2 is 0.717 bits per heavy atom. The summed E-state index contributed by atoms with van der Waals surface area (Å²) in [5.74, 6) is -1.09. The minimum atomic E-state index is -0.840. The molecule has 0 aromatic carbocycles. The first-order chi connectivity index (χ1) is 29.5. The van der Waals surface area contributed by atoms with Gasteiger partial charge in [-0.1, -0.05) is 189 Å². The first-order valence-corrected chi connectivity index (χ1v) is 24.2. The number of carbonyl (C=O) groups is 3. The van der Waals surface area contributed by atoms with Gasteiger partial charge in [0, 0.05) is 12.8 Å². The Balaban J connectivity index is 4.55. The van der Waals surface area contributed by atoms with E-state index in [0.29, 0.717) is 19.3 Å². The summed E-state index contributed by atoms with van der Waals surface area (Å²) in [7, 11) is 0. The zero-order chi connectivity index (χ0) is 43.7. The molecule has 0 saturated heterocycles. The molecule has 6 heteroatoms. The van der Waals surface area contributed by atoms with E-state index in [9.17, 15) is 14.4 Å². The van der Waals surface area contributed by atoms with Gasteiger partial charge >= 0.3 is 17.9 Å². The van der Waals surface area contributed by atoms with Crippen molar-refractivity contribution in [3.8, 4) is 0 Å². The molecule has 0 aliphatic rings. The summed E-state index contributed by atoms with van der Waals surface area (Å²) in [6, 6.07) is 0. The van der Waals surface area contributed by atoms with E-state index in [1.165, 1.54) is 57.8 Å².